The molecule has 0 bridgehead atoms. The van der Waals surface area contributed by atoms with Crippen molar-refractivity contribution >= 4 is 0 Å². The van der Waals surface area contributed by atoms with E-state index in [4.69, 9.17) is 86.0 Å². The van der Waals surface area contributed by atoms with Gasteiger partial charge in [-0.2, -0.15) is 28.0 Å². The Balaban J connectivity index is -0.000000502. The van der Waals surface area contributed by atoms with Crippen molar-refractivity contribution < 1.29 is 125 Å². The number of rotatable bonds is 5. The Morgan fingerprint density at radius 3 is 0.789 bits per heavy atom. The van der Waals surface area contributed by atoms with E-state index in [1.165, 1.54) is 11.1 Å². The van der Waals surface area contributed by atoms with Crippen molar-refractivity contribution in [2.75, 3.05) is 13.1 Å². The highest BCUT2D eigenvalue weighted by atomic mass is 35.7. The van der Waals surface area contributed by atoms with E-state index in [1.807, 2.05) is 0 Å². The fourth-order valence-corrected chi connectivity index (χ4v) is 1.90. The molecule has 0 spiro atoms. The van der Waals surface area contributed by atoms with Crippen molar-refractivity contribution in [3.8, 4) is 11.1 Å². The second-order valence-electron chi connectivity index (χ2n) is 5.77. The summed E-state index contributed by atoms with van der Waals surface area (Å²) in [5.41, 5.74) is 13.5. The van der Waals surface area contributed by atoms with Gasteiger partial charge in [0.15, 0.2) is 37.9 Å². The van der Waals surface area contributed by atoms with Gasteiger partial charge in [0.25, 0.3) is 0 Å². The predicted octanol–water partition coefficient (Wildman–Crippen LogP) is -17.9. The molecule has 0 atom stereocenters. The van der Waals surface area contributed by atoms with Crippen LogP contribution in [0.1, 0.15) is 0 Å². The second kappa shape index (κ2) is 19.7. The van der Waals surface area contributed by atoms with Crippen molar-refractivity contribution in [3.05, 3.63) is 49.1 Å². The van der Waals surface area contributed by atoms with Gasteiger partial charge >= 0.3 is 0 Å². The number of nitrogens with zero attached hydrogens (tertiary/aromatic N) is 2. The lowest BCUT2D eigenvalue weighted by Gasteiger charge is -2.17. The lowest BCUT2D eigenvalue weighted by atomic mass is 10.1. The van der Waals surface area contributed by atoms with E-state index in [-0.39, 0.29) is 0 Å². The monoisotopic (exact) mass is 642 g/mol. The summed E-state index contributed by atoms with van der Waals surface area (Å²) in [6.45, 7) is 3.03. The number of pyridine rings is 2. The molecule has 2 heterocycles. The summed E-state index contributed by atoms with van der Waals surface area (Å²) in [5, 5.41) is 0. The van der Waals surface area contributed by atoms with Crippen LogP contribution >= 0.6 is 0 Å². The topological polar surface area (TPSA) is 423 Å². The molecular weight excluding hydrogens is 622 g/mol. The van der Waals surface area contributed by atoms with Crippen molar-refractivity contribution in [1.82, 2.24) is 0 Å². The van der Waals surface area contributed by atoms with E-state index < -0.39 is 41.0 Å². The molecule has 0 fully saturated rings. The average molecular weight is 644 g/mol. The van der Waals surface area contributed by atoms with Gasteiger partial charge in [-0.05, 0) is 11.1 Å². The zero-order valence-corrected chi connectivity index (χ0v) is 21.6. The summed E-state index contributed by atoms with van der Waals surface area (Å²) in [5.74, 6) is 0. The molecule has 0 aliphatic heterocycles. The Morgan fingerprint density at radius 1 is 0.500 bits per heavy atom. The average Bonchev–Trinajstić information content (AvgIpc) is 2.65. The maximum atomic E-state index is 8.60. The highest BCUT2D eigenvalue weighted by molar-refractivity contribution is 5.60. The van der Waals surface area contributed by atoms with Gasteiger partial charge in [-0.1, -0.05) is 0 Å². The van der Waals surface area contributed by atoms with E-state index in [1.54, 1.807) is 0 Å². The summed E-state index contributed by atoms with van der Waals surface area (Å²) < 4.78 is 138. The Morgan fingerprint density at radius 2 is 0.658 bits per heavy atom. The van der Waals surface area contributed by atoms with Gasteiger partial charge in [0.05, 0.1) is 42.9 Å². The molecule has 2 rings (SSSR count). The van der Waals surface area contributed by atoms with Gasteiger partial charge in [0.2, 0.25) is 0 Å². The third kappa shape index (κ3) is 47.9. The molecule has 0 unspecified atom stereocenters. The van der Waals surface area contributed by atoms with Crippen LogP contribution in [0.4, 0.5) is 0 Å². The smallest absolute Gasteiger partial charge is 0.169 e. The second-order valence-corrected chi connectivity index (χ2v) is 8.87. The maximum absolute atomic E-state index is 8.60. The first-order chi connectivity index (χ1) is 16.8. The number of nitrogens with two attached hydrogens (primary N) is 2. The molecule has 38 heavy (non-hydrogen) atoms. The van der Waals surface area contributed by atoms with Crippen LogP contribution in [0.15, 0.2) is 49.1 Å². The first-order valence-electron chi connectivity index (χ1n) is 8.72. The summed E-state index contributed by atoms with van der Waals surface area (Å²) in [6, 6.07) is 8.44. The van der Waals surface area contributed by atoms with Crippen LogP contribution in [0.2, 0.25) is 0 Å². The zero-order chi connectivity index (χ0) is 30.8. The molecule has 222 valence electrons. The standard InChI is InChI=1S/C14H20N4.4ClHO4/c15-5-11-17-7-1-13(2-8-17)14-3-9-18(10-4-14)12-6-16;4*2-1(3,4)5/h1-4,7-10H,5-6,11-12,15-16H2;4*(H,2,3,4,5)/q+2;;;;/p-2. The SMILES string of the molecule is NCC[n+]1ccc(-c2cc[n+](CCN)cc2)cc1.[O-][Cl+3]([O-])([O-])O.[O-][Cl+3]([O-])([O-])O.[O-][Cl+3]([O-])([O-])[O-].[O-][Cl+3]([O-])([O-])[O-]. The minimum atomic E-state index is -4.94. The lowest BCUT2D eigenvalue weighted by molar-refractivity contribution is -2.00. The Labute approximate surface area is 222 Å². The highest BCUT2D eigenvalue weighted by Gasteiger charge is 2.04. The van der Waals surface area contributed by atoms with E-state index in [2.05, 4.69) is 58.2 Å². The van der Waals surface area contributed by atoms with Gasteiger partial charge in [-0.3, -0.25) is 0 Å². The van der Waals surface area contributed by atoms with E-state index in [0.717, 1.165) is 13.1 Å². The van der Waals surface area contributed by atoms with Crippen LogP contribution in [-0.2, 0) is 13.1 Å². The van der Waals surface area contributed by atoms with Crippen LogP contribution in [0.3, 0.4) is 0 Å². The fourth-order valence-electron chi connectivity index (χ4n) is 1.90. The number of halogens is 4. The molecule has 2 aromatic rings. The van der Waals surface area contributed by atoms with Crippen LogP contribution in [-0.4, -0.2) is 22.4 Å². The van der Waals surface area contributed by atoms with Gasteiger partial charge in [-0.25, -0.2) is 46.4 Å². The molecule has 0 saturated heterocycles. The van der Waals surface area contributed by atoms with E-state index in [0.29, 0.717) is 13.1 Å². The molecule has 0 amide bonds. The zero-order valence-electron chi connectivity index (χ0n) is 18.6. The molecule has 2 aromatic heterocycles. The minimum absolute atomic E-state index is 0.661. The summed E-state index contributed by atoms with van der Waals surface area (Å²) in [6.07, 6.45) is 8.23. The molecular formula is C14H22Cl4N4O16. The quantitative estimate of drug-likeness (QED) is 0.219. The molecule has 0 aliphatic rings. The summed E-state index contributed by atoms with van der Waals surface area (Å²) >= 11 is 0. The first-order valence-corrected chi connectivity index (χ1v) is 13.7. The van der Waals surface area contributed by atoms with Crippen LogP contribution in [0.5, 0.6) is 0 Å². The van der Waals surface area contributed by atoms with E-state index in [9.17, 15) is 0 Å². The molecule has 0 radical (unpaired) electrons. The third-order valence-corrected chi connectivity index (χ3v) is 2.89. The van der Waals surface area contributed by atoms with Crippen LogP contribution in [0, 0.1) is 41.0 Å². The number of aromatic nitrogens is 2. The van der Waals surface area contributed by atoms with Gasteiger partial charge in [0.1, 0.15) is 0 Å². The maximum Gasteiger partial charge on any atom is 0.169 e. The molecule has 24 heteroatoms. The van der Waals surface area contributed by atoms with Gasteiger partial charge in [0, 0.05) is 24.3 Å². The Bertz CT molecular complexity index is 723. The van der Waals surface area contributed by atoms with Crippen molar-refractivity contribution in [3.63, 3.8) is 0 Å². The van der Waals surface area contributed by atoms with Gasteiger partial charge < -0.3 is 11.5 Å². The normalized spacial score (nSPS) is 11.3. The fraction of sp³-hybridized carbons (Fsp3) is 0.286. The Hall–Kier alpha value is -1.26. The van der Waals surface area contributed by atoms with Gasteiger partial charge in [-0.15, -0.1) is 20.5 Å². The van der Waals surface area contributed by atoms with Crippen molar-refractivity contribution in [1.29, 1.82) is 0 Å². The molecule has 0 aliphatic carbocycles. The van der Waals surface area contributed by atoms with Crippen LogP contribution in [0.25, 0.3) is 11.1 Å². The van der Waals surface area contributed by atoms with Crippen molar-refractivity contribution in [2.45, 2.75) is 13.1 Å². The van der Waals surface area contributed by atoms with E-state index >= 15 is 0 Å². The number of hydrogen-bond acceptors (Lipinski definition) is 18. The third-order valence-electron chi connectivity index (χ3n) is 2.89. The van der Waals surface area contributed by atoms with Crippen molar-refractivity contribution in [2.24, 2.45) is 11.5 Å². The molecule has 0 saturated carbocycles. The largest absolute Gasteiger partial charge is 0.325 e. The predicted molar refractivity (Wildman–Crippen MR) is 74.8 cm³/mol. The first kappa shape index (κ1) is 41.2. The molecule has 0 aromatic carbocycles. The lowest BCUT2D eigenvalue weighted by Crippen LogP contribution is -2.68. The highest BCUT2D eigenvalue weighted by Crippen LogP contribution is 2.15. The Kier molecular flexibility index (Phi) is 21.4. The van der Waals surface area contributed by atoms with Crippen LogP contribution < -0.4 is 85.8 Å². The minimum Gasteiger partial charge on any atom is -0.325 e. The molecule has 20 nitrogen and oxygen atoms in total. The molecule has 6 N–H and O–H groups in total. The summed E-state index contributed by atoms with van der Waals surface area (Å²) in [4.78, 5) is 0. The summed E-state index contributed by atoms with van der Waals surface area (Å²) in [7, 11) is -19.3. The number of hydrogen-bond donors (Lipinski definition) is 4.